The summed E-state index contributed by atoms with van der Waals surface area (Å²) in [6.07, 6.45) is 3.49. The van der Waals surface area contributed by atoms with Crippen molar-refractivity contribution in [2.45, 2.75) is 51.9 Å². The van der Waals surface area contributed by atoms with Crippen molar-refractivity contribution in [2.24, 2.45) is 0 Å². The second-order valence-corrected chi connectivity index (χ2v) is 6.59. The van der Waals surface area contributed by atoms with E-state index in [1.54, 1.807) is 4.90 Å². The zero-order chi connectivity index (χ0) is 15.5. The maximum atomic E-state index is 12.0. The third-order valence-corrected chi connectivity index (χ3v) is 3.66. The number of aromatic amines is 1. The van der Waals surface area contributed by atoms with Gasteiger partial charge in [-0.3, -0.25) is 14.7 Å². The third kappa shape index (κ3) is 4.31. The first kappa shape index (κ1) is 15.5. The van der Waals surface area contributed by atoms with Gasteiger partial charge in [0.25, 0.3) is 0 Å². The molecule has 2 amide bonds. The van der Waals surface area contributed by atoms with Gasteiger partial charge in [-0.25, -0.2) is 0 Å². The van der Waals surface area contributed by atoms with Gasteiger partial charge in [0.1, 0.15) is 0 Å². The van der Waals surface area contributed by atoms with Crippen LogP contribution in [0.1, 0.15) is 52.1 Å². The average molecular weight is 292 g/mol. The molecule has 0 spiro atoms. The summed E-state index contributed by atoms with van der Waals surface area (Å²) in [4.78, 5) is 25.5. The van der Waals surface area contributed by atoms with Crippen LogP contribution in [0, 0.1) is 0 Å². The molecule has 1 aromatic heterocycles. The van der Waals surface area contributed by atoms with Gasteiger partial charge in [0.05, 0.1) is 6.54 Å². The lowest BCUT2D eigenvalue weighted by Crippen LogP contribution is -2.37. The summed E-state index contributed by atoms with van der Waals surface area (Å²) in [6, 6.07) is 1.84. The molecule has 0 aliphatic carbocycles. The van der Waals surface area contributed by atoms with E-state index in [9.17, 15) is 9.59 Å². The lowest BCUT2D eigenvalue weighted by atomic mass is 9.92. The van der Waals surface area contributed by atoms with E-state index in [1.807, 2.05) is 6.07 Å². The fourth-order valence-electron chi connectivity index (χ4n) is 2.33. The summed E-state index contributed by atoms with van der Waals surface area (Å²) in [5.74, 6) is 0.379. The molecule has 0 radical (unpaired) electrons. The highest BCUT2D eigenvalue weighted by Crippen LogP contribution is 2.21. The van der Waals surface area contributed by atoms with Crippen molar-refractivity contribution in [3.8, 4) is 0 Å². The topological polar surface area (TPSA) is 78.1 Å². The molecule has 0 saturated carbocycles. The van der Waals surface area contributed by atoms with Crippen molar-refractivity contribution in [3.63, 3.8) is 0 Å². The van der Waals surface area contributed by atoms with Gasteiger partial charge >= 0.3 is 0 Å². The first-order valence-corrected chi connectivity index (χ1v) is 7.50. The molecular formula is C15H24N4O2. The van der Waals surface area contributed by atoms with E-state index < -0.39 is 0 Å². The Morgan fingerprint density at radius 3 is 2.81 bits per heavy atom. The summed E-state index contributed by atoms with van der Waals surface area (Å²) in [5.41, 5.74) is 0.917. The molecule has 2 N–H and O–H groups in total. The molecule has 2 heterocycles. The molecule has 1 aromatic rings. The summed E-state index contributed by atoms with van der Waals surface area (Å²) >= 11 is 0. The summed E-state index contributed by atoms with van der Waals surface area (Å²) in [6.45, 7) is 6.99. The van der Waals surface area contributed by atoms with E-state index in [1.165, 1.54) is 0 Å². The van der Waals surface area contributed by atoms with E-state index >= 15 is 0 Å². The first-order valence-electron chi connectivity index (χ1n) is 7.50. The number of nitrogens with one attached hydrogen (secondary N) is 2. The van der Waals surface area contributed by atoms with Crippen LogP contribution in [0.15, 0.2) is 6.07 Å². The predicted molar refractivity (Wildman–Crippen MR) is 81.0 cm³/mol. The van der Waals surface area contributed by atoms with Crippen LogP contribution in [0.25, 0.3) is 0 Å². The Labute approximate surface area is 125 Å². The smallest absolute Gasteiger partial charge is 0.245 e. The van der Waals surface area contributed by atoms with E-state index in [-0.39, 0.29) is 23.8 Å². The minimum Gasteiger partial charge on any atom is -0.333 e. The SMILES string of the molecule is CC(C)(C)c1cc(NC(=O)CN2CCCCCC2=O)n[nH]1. The highest BCUT2D eigenvalue weighted by Gasteiger charge is 2.21. The minimum absolute atomic E-state index is 0.0449. The zero-order valence-electron chi connectivity index (χ0n) is 13.0. The maximum Gasteiger partial charge on any atom is 0.245 e. The standard InChI is InChI=1S/C15H24N4O2/c1-15(2,3)11-9-12(18-17-11)16-13(20)10-19-8-6-4-5-7-14(19)21/h9H,4-8,10H2,1-3H3,(H2,16,17,18,20). The lowest BCUT2D eigenvalue weighted by molar-refractivity contribution is -0.134. The maximum absolute atomic E-state index is 12.0. The Morgan fingerprint density at radius 1 is 1.38 bits per heavy atom. The van der Waals surface area contributed by atoms with Crippen LogP contribution in [0.3, 0.4) is 0 Å². The number of carbonyl (C=O) groups is 2. The number of H-pyrrole nitrogens is 1. The Bertz CT molecular complexity index is 516. The van der Waals surface area contributed by atoms with Crippen molar-refractivity contribution < 1.29 is 9.59 Å². The van der Waals surface area contributed by atoms with Gasteiger partial charge in [0, 0.05) is 30.1 Å². The predicted octanol–water partition coefficient (Wildman–Crippen LogP) is 2.05. The number of aromatic nitrogens is 2. The molecule has 21 heavy (non-hydrogen) atoms. The lowest BCUT2D eigenvalue weighted by Gasteiger charge is -2.19. The van der Waals surface area contributed by atoms with Crippen LogP contribution >= 0.6 is 0 Å². The zero-order valence-corrected chi connectivity index (χ0v) is 13.0. The van der Waals surface area contributed by atoms with Gasteiger partial charge in [-0.1, -0.05) is 27.2 Å². The van der Waals surface area contributed by atoms with Gasteiger partial charge in [0.2, 0.25) is 11.8 Å². The van der Waals surface area contributed by atoms with E-state index in [4.69, 9.17) is 0 Å². The quantitative estimate of drug-likeness (QED) is 0.895. The molecule has 6 heteroatoms. The minimum atomic E-state index is -0.197. The summed E-state index contributed by atoms with van der Waals surface area (Å²) in [7, 11) is 0. The van der Waals surface area contributed by atoms with E-state index in [0.717, 1.165) is 25.0 Å². The molecule has 2 rings (SSSR count). The molecule has 0 bridgehead atoms. The number of hydrogen-bond acceptors (Lipinski definition) is 3. The fraction of sp³-hybridized carbons (Fsp3) is 0.667. The fourth-order valence-corrected chi connectivity index (χ4v) is 2.33. The summed E-state index contributed by atoms with van der Waals surface area (Å²) in [5, 5.41) is 9.77. The number of carbonyl (C=O) groups excluding carboxylic acids is 2. The second-order valence-electron chi connectivity index (χ2n) is 6.59. The molecule has 0 aromatic carbocycles. The van der Waals surface area contributed by atoms with Crippen molar-refractivity contribution >= 4 is 17.6 Å². The molecule has 116 valence electrons. The Hall–Kier alpha value is -1.85. The number of rotatable bonds is 3. The number of hydrogen-bond donors (Lipinski definition) is 2. The van der Waals surface area contributed by atoms with Crippen molar-refractivity contribution in [1.82, 2.24) is 15.1 Å². The normalized spacial score (nSPS) is 16.7. The second kappa shape index (κ2) is 6.28. The van der Waals surface area contributed by atoms with Crippen LogP contribution < -0.4 is 5.32 Å². The van der Waals surface area contributed by atoms with Crippen molar-refractivity contribution in [3.05, 3.63) is 11.8 Å². The Balaban J connectivity index is 1.92. The van der Waals surface area contributed by atoms with Gasteiger partial charge in [-0.05, 0) is 12.8 Å². The van der Waals surface area contributed by atoms with Gasteiger partial charge in [0.15, 0.2) is 5.82 Å². The van der Waals surface area contributed by atoms with E-state index in [0.29, 0.717) is 18.8 Å². The monoisotopic (exact) mass is 292 g/mol. The average Bonchev–Trinajstić information content (AvgIpc) is 2.76. The third-order valence-electron chi connectivity index (χ3n) is 3.66. The molecule has 0 atom stereocenters. The van der Waals surface area contributed by atoms with Gasteiger partial charge < -0.3 is 10.2 Å². The number of amides is 2. The molecular weight excluding hydrogens is 268 g/mol. The van der Waals surface area contributed by atoms with Crippen molar-refractivity contribution in [2.75, 3.05) is 18.4 Å². The van der Waals surface area contributed by atoms with Crippen LogP contribution in [0.4, 0.5) is 5.82 Å². The largest absolute Gasteiger partial charge is 0.333 e. The van der Waals surface area contributed by atoms with Crippen LogP contribution in [0.5, 0.6) is 0 Å². The van der Waals surface area contributed by atoms with Crippen LogP contribution in [0.2, 0.25) is 0 Å². The highest BCUT2D eigenvalue weighted by molar-refractivity contribution is 5.93. The molecule has 0 unspecified atom stereocenters. The number of likely N-dealkylation sites (tertiary alicyclic amines) is 1. The Kier molecular flexibility index (Phi) is 4.65. The van der Waals surface area contributed by atoms with Crippen LogP contribution in [-0.4, -0.2) is 40.0 Å². The van der Waals surface area contributed by atoms with Crippen LogP contribution in [-0.2, 0) is 15.0 Å². The van der Waals surface area contributed by atoms with Gasteiger partial charge in [-0.15, -0.1) is 0 Å². The van der Waals surface area contributed by atoms with Crippen molar-refractivity contribution in [1.29, 1.82) is 0 Å². The summed E-state index contributed by atoms with van der Waals surface area (Å²) < 4.78 is 0. The molecule has 1 fully saturated rings. The molecule has 1 saturated heterocycles. The Morgan fingerprint density at radius 2 is 2.14 bits per heavy atom. The van der Waals surface area contributed by atoms with E-state index in [2.05, 4.69) is 36.3 Å². The molecule has 1 aliphatic rings. The number of anilines is 1. The molecule has 6 nitrogen and oxygen atoms in total. The molecule has 1 aliphatic heterocycles. The highest BCUT2D eigenvalue weighted by atomic mass is 16.2. The first-order chi connectivity index (χ1) is 9.86. The van der Waals surface area contributed by atoms with Gasteiger partial charge in [-0.2, -0.15) is 5.10 Å². The number of nitrogens with zero attached hydrogens (tertiary/aromatic N) is 2.